The van der Waals surface area contributed by atoms with Gasteiger partial charge in [0.1, 0.15) is 12.4 Å². The average Bonchev–Trinajstić information content (AvgIpc) is 2.85. The van der Waals surface area contributed by atoms with Gasteiger partial charge < -0.3 is 9.84 Å². The molecule has 1 aromatic heterocycles. The fraction of sp³-hybridized carbons (Fsp3) is 0.308. The summed E-state index contributed by atoms with van der Waals surface area (Å²) >= 11 is 0. The minimum Gasteiger partial charge on any atom is -0.485 e. The maximum Gasteiger partial charge on any atom is 0.320 e. The van der Waals surface area contributed by atoms with Gasteiger partial charge in [-0.3, -0.25) is 4.57 Å². The molecular weight excluding hydrogens is 254 g/mol. The molecule has 0 unspecified atom stereocenters. The van der Waals surface area contributed by atoms with Crippen LogP contribution in [-0.4, -0.2) is 14.7 Å². The minimum absolute atomic E-state index is 0.0823. The van der Waals surface area contributed by atoms with Gasteiger partial charge in [-0.15, -0.1) is 0 Å². The van der Waals surface area contributed by atoms with Crippen LogP contribution in [0.25, 0.3) is 0 Å². The molecule has 0 radical (unpaired) electrons. The normalized spacial score (nSPS) is 12.7. The number of hydrogen-bond acceptors (Lipinski definition) is 3. The van der Waals surface area contributed by atoms with E-state index in [1.165, 1.54) is 12.4 Å². The summed E-state index contributed by atoms with van der Waals surface area (Å²) in [6, 6.07) is 6.92. The molecule has 4 nitrogen and oxygen atoms in total. The van der Waals surface area contributed by atoms with Crippen molar-refractivity contribution in [2.24, 2.45) is 0 Å². The molecule has 1 aromatic carbocycles. The SMILES string of the molecule is C[C@@H](O)c1ccccc1OCc1nccn1C(F)F. The van der Waals surface area contributed by atoms with E-state index < -0.39 is 12.7 Å². The van der Waals surface area contributed by atoms with Crippen LogP contribution in [0.1, 0.15) is 31.0 Å². The highest BCUT2D eigenvalue weighted by Crippen LogP contribution is 2.25. The molecule has 0 fully saturated rings. The Balaban J connectivity index is 2.13. The molecule has 1 atom stereocenters. The predicted octanol–water partition coefficient (Wildman–Crippen LogP) is 2.91. The Labute approximate surface area is 109 Å². The molecule has 0 aliphatic rings. The zero-order chi connectivity index (χ0) is 13.8. The number of benzene rings is 1. The molecule has 6 heteroatoms. The molecule has 102 valence electrons. The summed E-state index contributed by atoms with van der Waals surface area (Å²) in [6.07, 6.45) is 1.81. The molecule has 2 aromatic rings. The molecular formula is C13H14F2N2O2. The first-order chi connectivity index (χ1) is 9.09. The number of alkyl halides is 2. The molecule has 0 aliphatic carbocycles. The Bertz CT molecular complexity index is 541. The Morgan fingerprint density at radius 3 is 2.79 bits per heavy atom. The Morgan fingerprint density at radius 1 is 1.37 bits per heavy atom. The van der Waals surface area contributed by atoms with Crippen LogP contribution >= 0.6 is 0 Å². The number of para-hydroxylation sites is 1. The Morgan fingerprint density at radius 2 is 2.11 bits per heavy atom. The lowest BCUT2D eigenvalue weighted by Crippen LogP contribution is -2.08. The van der Waals surface area contributed by atoms with Gasteiger partial charge in [0.25, 0.3) is 0 Å². The predicted molar refractivity (Wildman–Crippen MR) is 64.9 cm³/mol. The lowest BCUT2D eigenvalue weighted by molar-refractivity contribution is 0.0630. The molecule has 1 N–H and O–H groups in total. The third kappa shape index (κ3) is 3.08. The van der Waals surface area contributed by atoms with Crippen molar-refractivity contribution >= 4 is 0 Å². The van der Waals surface area contributed by atoms with Crippen molar-refractivity contribution in [3.05, 3.63) is 48.0 Å². The van der Waals surface area contributed by atoms with Crippen LogP contribution in [0, 0.1) is 0 Å². The van der Waals surface area contributed by atoms with E-state index in [4.69, 9.17) is 4.74 Å². The third-order valence-electron chi connectivity index (χ3n) is 2.69. The van der Waals surface area contributed by atoms with Gasteiger partial charge in [0.2, 0.25) is 0 Å². The number of nitrogens with zero attached hydrogens (tertiary/aromatic N) is 2. The third-order valence-corrected chi connectivity index (χ3v) is 2.69. The van der Waals surface area contributed by atoms with Gasteiger partial charge in [-0.2, -0.15) is 8.78 Å². The summed E-state index contributed by atoms with van der Waals surface area (Å²) < 4.78 is 31.4. The van der Waals surface area contributed by atoms with Crippen LogP contribution < -0.4 is 4.74 Å². The number of ether oxygens (including phenoxy) is 1. The van der Waals surface area contributed by atoms with Crippen molar-refractivity contribution < 1.29 is 18.6 Å². The zero-order valence-electron chi connectivity index (χ0n) is 10.3. The number of halogens is 2. The molecule has 19 heavy (non-hydrogen) atoms. The summed E-state index contributed by atoms with van der Waals surface area (Å²) in [5.41, 5.74) is 0.609. The Hall–Kier alpha value is -1.95. The second-order valence-electron chi connectivity index (χ2n) is 4.03. The average molecular weight is 268 g/mol. The molecule has 0 aliphatic heterocycles. The van der Waals surface area contributed by atoms with Gasteiger partial charge in [-0.25, -0.2) is 4.98 Å². The van der Waals surface area contributed by atoms with Crippen molar-refractivity contribution in [2.45, 2.75) is 26.2 Å². The second kappa shape index (κ2) is 5.79. The second-order valence-corrected chi connectivity index (χ2v) is 4.03. The summed E-state index contributed by atoms with van der Waals surface area (Å²) in [7, 11) is 0. The van der Waals surface area contributed by atoms with Crippen LogP contribution in [0.15, 0.2) is 36.7 Å². The van der Waals surface area contributed by atoms with Crippen LogP contribution in [0.5, 0.6) is 5.75 Å². The van der Waals surface area contributed by atoms with E-state index in [0.29, 0.717) is 11.3 Å². The number of hydrogen-bond donors (Lipinski definition) is 1. The van der Waals surface area contributed by atoms with Crippen molar-refractivity contribution in [3.63, 3.8) is 0 Å². The van der Waals surface area contributed by atoms with Gasteiger partial charge >= 0.3 is 6.55 Å². The van der Waals surface area contributed by atoms with Crippen LogP contribution in [0.2, 0.25) is 0 Å². The molecule has 0 saturated heterocycles. The van der Waals surface area contributed by atoms with Crippen molar-refractivity contribution in [3.8, 4) is 5.75 Å². The van der Waals surface area contributed by atoms with E-state index in [9.17, 15) is 13.9 Å². The van der Waals surface area contributed by atoms with Gasteiger partial charge in [0.15, 0.2) is 5.82 Å². The minimum atomic E-state index is -2.65. The highest BCUT2D eigenvalue weighted by atomic mass is 19.3. The Kier molecular flexibility index (Phi) is 4.11. The van der Waals surface area contributed by atoms with E-state index in [1.807, 2.05) is 0 Å². The molecule has 2 rings (SSSR count). The summed E-state index contributed by atoms with van der Waals surface area (Å²) in [6.45, 7) is -1.11. The largest absolute Gasteiger partial charge is 0.485 e. The zero-order valence-corrected chi connectivity index (χ0v) is 10.3. The van der Waals surface area contributed by atoms with Crippen LogP contribution in [0.3, 0.4) is 0 Å². The smallest absolute Gasteiger partial charge is 0.320 e. The van der Waals surface area contributed by atoms with Gasteiger partial charge in [-0.1, -0.05) is 18.2 Å². The van der Waals surface area contributed by atoms with E-state index in [1.54, 1.807) is 31.2 Å². The molecule has 0 saturated carbocycles. The van der Waals surface area contributed by atoms with Crippen molar-refractivity contribution in [2.75, 3.05) is 0 Å². The maximum atomic E-state index is 12.6. The quantitative estimate of drug-likeness (QED) is 0.907. The van der Waals surface area contributed by atoms with E-state index >= 15 is 0 Å². The first kappa shape index (κ1) is 13.5. The molecule has 0 amide bonds. The van der Waals surface area contributed by atoms with Gasteiger partial charge in [-0.05, 0) is 13.0 Å². The topological polar surface area (TPSA) is 47.3 Å². The van der Waals surface area contributed by atoms with Crippen LogP contribution in [0.4, 0.5) is 8.78 Å². The van der Waals surface area contributed by atoms with E-state index in [0.717, 1.165) is 4.57 Å². The lowest BCUT2D eigenvalue weighted by Gasteiger charge is -2.13. The standard InChI is InChI=1S/C13H14F2N2O2/c1-9(18)10-4-2-3-5-11(10)19-8-12-16-6-7-17(12)13(14)15/h2-7,9,13,18H,8H2,1H3/t9-/m1/s1. The van der Waals surface area contributed by atoms with Gasteiger partial charge in [0.05, 0.1) is 6.10 Å². The summed E-state index contributed by atoms with van der Waals surface area (Å²) in [5.74, 6) is 0.594. The van der Waals surface area contributed by atoms with Crippen LogP contribution in [-0.2, 0) is 6.61 Å². The number of aliphatic hydroxyl groups excluding tert-OH is 1. The van der Waals surface area contributed by atoms with E-state index in [2.05, 4.69) is 4.98 Å². The first-order valence-corrected chi connectivity index (χ1v) is 5.79. The number of imidazole rings is 1. The first-order valence-electron chi connectivity index (χ1n) is 5.79. The molecule has 0 spiro atoms. The number of aromatic nitrogens is 2. The fourth-order valence-electron chi connectivity index (χ4n) is 1.73. The maximum absolute atomic E-state index is 12.6. The number of rotatable bonds is 5. The van der Waals surface area contributed by atoms with Gasteiger partial charge in [0, 0.05) is 18.0 Å². The highest BCUT2D eigenvalue weighted by molar-refractivity contribution is 5.34. The lowest BCUT2D eigenvalue weighted by atomic mass is 10.1. The highest BCUT2D eigenvalue weighted by Gasteiger charge is 2.13. The summed E-state index contributed by atoms with van der Waals surface area (Å²) in [5, 5.41) is 9.58. The van der Waals surface area contributed by atoms with Crippen molar-refractivity contribution in [1.29, 1.82) is 0 Å². The molecule has 0 bridgehead atoms. The fourth-order valence-corrected chi connectivity index (χ4v) is 1.73. The van der Waals surface area contributed by atoms with E-state index in [-0.39, 0.29) is 12.4 Å². The van der Waals surface area contributed by atoms with Crippen molar-refractivity contribution in [1.82, 2.24) is 9.55 Å². The number of aliphatic hydroxyl groups is 1. The summed E-state index contributed by atoms with van der Waals surface area (Å²) in [4.78, 5) is 3.82. The monoisotopic (exact) mass is 268 g/mol. The molecule has 1 heterocycles.